The molecule has 0 fully saturated rings. The van der Waals surface area contributed by atoms with Gasteiger partial charge in [0, 0.05) is 6.61 Å². The molecule has 2 heteroatoms. The lowest BCUT2D eigenvalue weighted by Crippen LogP contribution is -1.82. The topological polar surface area (TPSA) is 40.5 Å². The van der Waals surface area contributed by atoms with Crippen molar-refractivity contribution in [2.45, 2.75) is 12.8 Å². The Hall–Kier alpha value is -1.28. The van der Waals surface area contributed by atoms with Gasteiger partial charge in [0.2, 0.25) is 0 Å². The predicted octanol–water partition coefficient (Wildman–Crippen LogP) is 1.87. The van der Waals surface area contributed by atoms with Crippen LogP contribution in [0.1, 0.15) is 12.0 Å². The van der Waals surface area contributed by atoms with E-state index in [4.69, 9.17) is 5.11 Å². The van der Waals surface area contributed by atoms with E-state index in [0.29, 0.717) is 18.6 Å². The van der Waals surface area contributed by atoms with Gasteiger partial charge in [0.05, 0.1) is 0 Å². The number of aromatic hydroxyl groups is 1. The van der Waals surface area contributed by atoms with Crippen LogP contribution in [-0.4, -0.2) is 16.8 Å². The molecule has 0 heterocycles. The van der Waals surface area contributed by atoms with E-state index in [1.165, 1.54) is 0 Å². The van der Waals surface area contributed by atoms with Crippen molar-refractivity contribution in [3.63, 3.8) is 0 Å². The second-order valence-corrected chi connectivity index (χ2v) is 2.82. The molecule has 13 heavy (non-hydrogen) atoms. The molecule has 0 aliphatic rings. The molecule has 1 rings (SSSR count). The second kappa shape index (κ2) is 5.38. The van der Waals surface area contributed by atoms with Gasteiger partial charge >= 0.3 is 0 Å². The van der Waals surface area contributed by atoms with Crippen molar-refractivity contribution in [3.8, 4) is 5.75 Å². The molecular formula is C11H14O2. The van der Waals surface area contributed by atoms with Crippen LogP contribution in [0.2, 0.25) is 0 Å². The van der Waals surface area contributed by atoms with Crippen molar-refractivity contribution in [2.75, 3.05) is 6.61 Å². The summed E-state index contributed by atoms with van der Waals surface area (Å²) in [5, 5.41) is 17.9. The van der Waals surface area contributed by atoms with Crippen molar-refractivity contribution < 1.29 is 10.2 Å². The van der Waals surface area contributed by atoms with Crippen LogP contribution in [0.15, 0.2) is 36.4 Å². The molecule has 0 saturated carbocycles. The maximum atomic E-state index is 9.38. The molecule has 0 atom stereocenters. The third kappa shape index (κ3) is 3.30. The molecule has 1 aromatic carbocycles. The van der Waals surface area contributed by atoms with Crippen molar-refractivity contribution in [2.24, 2.45) is 0 Å². The minimum Gasteiger partial charge on any atom is -0.508 e. The molecular weight excluding hydrogens is 164 g/mol. The molecule has 0 aromatic heterocycles. The van der Waals surface area contributed by atoms with Gasteiger partial charge in [-0.1, -0.05) is 30.4 Å². The maximum absolute atomic E-state index is 9.38. The largest absolute Gasteiger partial charge is 0.508 e. The molecule has 0 unspecified atom stereocenters. The Morgan fingerprint density at radius 2 is 1.92 bits per heavy atom. The maximum Gasteiger partial charge on any atom is 0.119 e. The highest BCUT2D eigenvalue weighted by molar-refractivity contribution is 5.33. The summed E-state index contributed by atoms with van der Waals surface area (Å²) in [6.45, 7) is 0.178. The van der Waals surface area contributed by atoms with E-state index in [2.05, 4.69) is 0 Å². The summed E-state index contributed by atoms with van der Waals surface area (Å²) in [6, 6.07) is 7.26. The van der Waals surface area contributed by atoms with Crippen molar-refractivity contribution >= 4 is 0 Å². The lowest BCUT2D eigenvalue weighted by Gasteiger charge is -1.98. The SMILES string of the molecule is OCC/C=C/Cc1ccccc1O. The molecule has 70 valence electrons. The van der Waals surface area contributed by atoms with Crippen LogP contribution >= 0.6 is 0 Å². The molecule has 0 bridgehead atoms. The van der Waals surface area contributed by atoms with Crippen LogP contribution < -0.4 is 0 Å². The van der Waals surface area contributed by atoms with Gasteiger partial charge in [-0.2, -0.15) is 0 Å². The first-order chi connectivity index (χ1) is 6.34. The van der Waals surface area contributed by atoms with Gasteiger partial charge in [0.1, 0.15) is 5.75 Å². The van der Waals surface area contributed by atoms with E-state index in [1.54, 1.807) is 12.1 Å². The Kier molecular flexibility index (Phi) is 4.06. The Balaban J connectivity index is 2.49. The van der Waals surface area contributed by atoms with E-state index in [0.717, 1.165) is 5.56 Å². The average molecular weight is 178 g/mol. The summed E-state index contributed by atoms with van der Waals surface area (Å²) in [5.74, 6) is 0.330. The Labute approximate surface area is 78.2 Å². The van der Waals surface area contributed by atoms with E-state index in [1.807, 2.05) is 24.3 Å². The smallest absolute Gasteiger partial charge is 0.119 e. The monoisotopic (exact) mass is 178 g/mol. The van der Waals surface area contributed by atoms with Crippen LogP contribution in [-0.2, 0) is 6.42 Å². The number of hydrogen-bond acceptors (Lipinski definition) is 2. The zero-order chi connectivity index (χ0) is 9.52. The normalized spacial score (nSPS) is 10.8. The van der Waals surface area contributed by atoms with Crippen LogP contribution in [0, 0.1) is 0 Å². The van der Waals surface area contributed by atoms with Gasteiger partial charge in [-0.05, 0) is 24.5 Å². The van der Waals surface area contributed by atoms with E-state index in [9.17, 15) is 5.11 Å². The van der Waals surface area contributed by atoms with Crippen LogP contribution in [0.25, 0.3) is 0 Å². The van der Waals surface area contributed by atoms with E-state index in [-0.39, 0.29) is 6.61 Å². The fraction of sp³-hybridized carbons (Fsp3) is 0.273. The first-order valence-electron chi connectivity index (χ1n) is 4.37. The van der Waals surface area contributed by atoms with Crippen LogP contribution in [0.4, 0.5) is 0 Å². The molecule has 0 amide bonds. The first-order valence-corrected chi connectivity index (χ1v) is 4.37. The minimum atomic E-state index is 0.178. The lowest BCUT2D eigenvalue weighted by atomic mass is 10.1. The molecule has 2 N–H and O–H groups in total. The summed E-state index contributed by atoms with van der Waals surface area (Å²) < 4.78 is 0. The summed E-state index contributed by atoms with van der Waals surface area (Å²) in [5.41, 5.74) is 0.914. The number of phenolic OH excluding ortho intramolecular Hbond substituents is 1. The molecule has 0 radical (unpaired) electrons. The fourth-order valence-electron chi connectivity index (χ4n) is 1.09. The average Bonchev–Trinajstić information content (AvgIpc) is 2.15. The van der Waals surface area contributed by atoms with Gasteiger partial charge in [0.15, 0.2) is 0 Å². The summed E-state index contributed by atoms with van der Waals surface area (Å²) >= 11 is 0. The zero-order valence-corrected chi connectivity index (χ0v) is 7.48. The molecule has 0 aliphatic heterocycles. The van der Waals surface area contributed by atoms with Gasteiger partial charge in [-0.15, -0.1) is 0 Å². The molecule has 0 aliphatic carbocycles. The number of para-hydroxylation sites is 1. The summed E-state index contributed by atoms with van der Waals surface area (Å²) in [7, 11) is 0. The summed E-state index contributed by atoms with van der Waals surface area (Å²) in [4.78, 5) is 0. The van der Waals surface area contributed by atoms with Gasteiger partial charge < -0.3 is 10.2 Å². The number of aliphatic hydroxyl groups excluding tert-OH is 1. The van der Waals surface area contributed by atoms with Gasteiger partial charge in [-0.3, -0.25) is 0 Å². The highest BCUT2D eigenvalue weighted by Crippen LogP contribution is 2.16. The van der Waals surface area contributed by atoms with E-state index < -0.39 is 0 Å². The fourth-order valence-corrected chi connectivity index (χ4v) is 1.09. The van der Waals surface area contributed by atoms with Crippen LogP contribution in [0.3, 0.4) is 0 Å². The van der Waals surface area contributed by atoms with Crippen molar-refractivity contribution in [3.05, 3.63) is 42.0 Å². The molecule has 1 aromatic rings. The van der Waals surface area contributed by atoms with Gasteiger partial charge in [-0.25, -0.2) is 0 Å². The number of aliphatic hydroxyl groups is 1. The highest BCUT2D eigenvalue weighted by Gasteiger charge is 1.94. The quantitative estimate of drug-likeness (QED) is 0.691. The minimum absolute atomic E-state index is 0.178. The van der Waals surface area contributed by atoms with Crippen molar-refractivity contribution in [1.82, 2.24) is 0 Å². The first kappa shape index (κ1) is 9.81. The number of rotatable bonds is 4. The third-order valence-electron chi connectivity index (χ3n) is 1.79. The molecule has 0 saturated heterocycles. The van der Waals surface area contributed by atoms with Gasteiger partial charge in [0.25, 0.3) is 0 Å². The number of phenols is 1. The predicted molar refractivity (Wildman–Crippen MR) is 52.7 cm³/mol. The Morgan fingerprint density at radius 1 is 1.15 bits per heavy atom. The van der Waals surface area contributed by atoms with Crippen molar-refractivity contribution in [1.29, 1.82) is 0 Å². The number of benzene rings is 1. The Bertz CT molecular complexity index is 279. The Morgan fingerprint density at radius 3 is 2.62 bits per heavy atom. The zero-order valence-electron chi connectivity index (χ0n) is 7.48. The number of hydrogen-bond donors (Lipinski definition) is 2. The molecule has 2 nitrogen and oxygen atoms in total. The summed E-state index contributed by atoms with van der Waals surface area (Å²) in [6.07, 6.45) is 5.25. The second-order valence-electron chi connectivity index (χ2n) is 2.82. The van der Waals surface area contributed by atoms with Crippen LogP contribution in [0.5, 0.6) is 5.75 Å². The standard InChI is InChI=1S/C11H14O2/c12-9-5-1-2-6-10-7-3-4-8-11(10)13/h1-4,7-8,12-13H,5-6,9H2/b2-1+. The molecule has 0 spiro atoms. The number of allylic oxidation sites excluding steroid dienone is 1. The lowest BCUT2D eigenvalue weighted by molar-refractivity contribution is 0.302. The highest BCUT2D eigenvalue weighted by atomic mass is 16.3. The third-order valence-corrected chi connectivity index (χ3v) is 1.79. The van der Waals surface area contributed by atoms with E-state index >= 15 is 0 Å².